The summed E-state index contributed by atoms with van der Waals surface area (Å²) in [5.74, 6) is 0.159. The lowest BCUT2D eigenvalue weighted by Crippen LogP contribution is -2.24. The molecule has 4 nitrogen and oxygen atoms in total. The van der Waals surface area contributed by atoms with Crippen molar-refractivity contribution in [3.8, 4) is 0 Å². The fourth-order valence-electron chi connectivity index (χ4n) is 1.96. The van der Waals surface area contributed by atoms with Crippen molar-refractivity contribution >= 4 is 23.7 Å². The van der Waals surface area contributed by atoms with Crippen molar-refractivity contribution in [3.63, 3.8) is 0 Å². The first-order chi connectivity index (χ1) is 7.72. The minimum Gasteiger partial charge on any atom is -0.329 e. The van der Waals surface area contributed by atoms with Crippen LogP contribution in [-0.2, 0) is 9.59 Å². The highest BCUT2D eigenvalue weighted by Crippen LogP contribution is 2.27. The first-order valence-electron chi connectivity index (χ1n) is 5.33. The molecule has 4 heteroatoms. The second kappa shape index (κ2) is 4.35. The SMILES string of the molecule is Cc1ccc(NC=O)cc1N1CCCC1=O. The molecule has 0 bridgehead atoms. The van der Waals surface area contributed by atoms with Crippen LogP contribution in [0.4, 0.5) is 11.4 Å². The van der Waals surface area contributed by atoms with Crippen LogP contribution in [0.2, 0.25) is 0 Å². The predicted molar refractivity (Wildman–Crippen MR) is 62.5 cm³/mol. The largest absolute Gasteiger partial charge is 0.329 e. The topological polar surface area (TPSA) is 49.4 Å². The molecule has 1 heterocycles. The third-order valence-corrected chi connectivity index (χ3v) is 2.80. The van der Waals surface area contributed by atoms with Crippen molar-refractivity contribution in [1.82, 2.24) is 0 Å². The quantitative estimate of drug-likeness (QED) is 0.785. The Morgan fingerprint density at radius 2 is 2.25 bits per heavy atom. The lowest BCUT2D eigenvalue weighted by molar-refractivity contribution is -0.117. The summed E-state index contributed by atoms with van der Waals surface area (Å²) >= 11 is 0. The molecule has 1 aromatic carbocycles. The first kappa shape index (κ1) is 10.7. The summed E-state index contributed by atoms with van der Waals surface area (Å²) in [6.07, 6.45) is 2.16. The Hall–Kier alpha value is -1.84. The Kier molecular flexibility index (Phi) is 2.90. The normalized spacial score (nSPS) is 15.3. The Bertz CT molecular complexity index is 429. The van der Waals surface area contributed by atoms with Crippen LogP contribution >= 0.6 is 0 Å². The third kappa shape index (κ3) is 1.91. The van der Waals surface area contributed by atoms with Gasteiger partial charge in [-0.05, 0) is 31.0 Å². The molecule has 1 aromatic rings. The zero-order valence-corrected chi connectivity index (χ0v) is 9.19. The number of hydrogen-bond donors (Lipinski definition) is 1. The van der Waals surface area contributed by atoms with Gasteiger partial charge in [0.1, 0.15) is 0 Å². The molecule has 1 aliphatic heterocycles. The van der Waals surface area contributed by atoms with Gasteiger partial charge in [0, 0.05) is 24.3 Å². The van der Waals surface area contributed by atoms with Crippen LogP contribution in [0.15, 0.2) is 18.2 Å². The minimum absolute atomic E-state index is 0.159. The lowest BCUT2D eigenvalue weighted by Gasteiger charge is -2.19. The number of hydrogen-bond acceptors (Lipinski definition) is 2. The molecule has 0 saturated carbocycles. The number of aryl methyl sites for hydroxylation is 1. The minimum atomic E-state index is 0.159. The van der Waals surface area contributed by atoms with E-state index >= 15 is 0 Å². The molecule has 0 unspecified atom stereocenters. The Balaban J connectivity index is 2.34. The fraction of sp³-hybridized carbons (Fsp3) is 0.333. The molecule has 16 heavy (non-hydrogen) atoms. The molecular formula is C12H14N2O2. The number of carbonyl (C=O) groups is 2. The van der Waals surface area contributed by atoms with Crippen LogP contribution in [0.5, 0.6) is 0 Å². The Morgan fingerprint density at radius 3 is 2.88 bits per heavy atom. The number of nitrogens with one attached hydrogen (secondary N) is 1. The molecule has 1 N–H and O–H groups in total. The van der Waals surface area contributed by atoms with E-state index in [2.05, 4.69) is 5.32 Å². The van der Waals surface area contributed by atoms with Gasteiger partial charge in [0.2, 0.25) is 12.3 Å². The van der Waals surface area contributed by atoms with Crippen molar-refractivity contribution in [1.29, 1.82) is 0 Å². The molecule has 84 valence electrons. The van der Waals surface area contributed by atoms with Gasteiger partial charge < -0.3 is 10.2 Å². The molecule has 1 fully saturated rings. The number of benzene rings is 1. The highest BCUT2D eigenvalue weighted by atomic mass is 16.2. The summed E-state index contributed by atoms with van der Waals surface area (Å²) < 4.78 is 0. The predicted octanol–water partition coefficient (Wildman–Crippen LogP) is 1.69. The van der Waals surface area contributed by atoms with Gasteiger partial charge >= 0.3 is 0 Å². The molecule has 0 aliphatic carbocycles. The van der Waals surface area contributed by atoms with Gasteiger partial charge in [0.15, 0.2) is 0 Å². The monoisotopic (exact) mass is 218 g/mol. The molecule has 0 atom stereocenters. The van der Waals surface area contributed by atoms with Gasteiger partial charge in [-0.3, -0.25) is 9.59 Å². The van der Waals surface area contributed by atoms with Crippen LogP contribution in [-0.4, -0.2) is 18.9 Å². The summed E-state index contributed by atoms with van der Waals surface area (Å²) in [4.78, 5) is 23.8. The summed E-state index contributed by atoms with van der Waals surface area (Å²) in [6, 6.07) is 5.58. The van der Waals surface area contributed by atoms with Crippen molar-refractivity contribution < 1.29 is 9.59 Å². The molecular weight excluding hydrogens is 204 g/mol. The highest BCUT2D eigenvalue weighted by Gasteiger charge is 2.22. The van der Waals surface area contributed by atoms with Crippen LogP contribution in [0.3, 0.4) is 0 Å². The Morgan fingerprint density at radius 1 is 1.44 bits per heavy atom. The fourth-order valence-corrected chi connectivity index (χ4v) is 1.96. The van der Waals surface area contributed by atoms with E-state index in [1.54, 1.807) is 4.90 Å². The average molecular weight is 218 g/mol. The van der Waals surface area contributed by atoms with Gasteiger partial charge in [-0.1, -0.05) is 6.07 Å². The average Bonchev–Trinajstić information content (AvgIpc) is 2.68. The molecule has 0 aromatic heterocycles. The van der Waals surface area contributed by atoms with Crippen molar-refractivity contribution in [2.75, 3.05) is 16.8 Å². The standard InChI is InChI=1S/C12H14N2O2/c1-9-4-5-10(13-8-15)7-11(9)14-6-2-3-12(14)16/h4-5,7-8H,2-3,6H2,1H3,(H,13,15). The number of anilines is 2. The van der Waals surface area contributed by atoms with Gasteiger partial charge in [-0.25, -0.2) is 0 Å². The highest BCUT2D eigenvalue weighted by molar-refractivity contribution is 5.96. The van der Waals surface area contributed by atoms with Crippen LogP contribution in [0.1, 0.15) is 18.4 Å². The molecule has 0 spiro atoms. The second-order valence-electron chi connectivity index (χ2n) is 3.91. The Labute approximate surface area is 94.2 Å². The summed E-state index contributed by atoms with van der Waals surface area (Å²) in [6.45, 7) is 2.73. The first-order valence-corrected chi connectivity index (χ1v) is 5.33. The van der Waals surface area contributed by atoms with Gasteiger partial charge in [-0.15, -0.1) is 0 Å². The van der Waals surface area contributed by atoms with Gasteiger partial charge in [-0.2, -0.15) is 0 Å². The zero-order valence-electron chi connectivity index (χ0n) is 9.19. The number of amides is 2. The molecule has 2 rings (SSSR count). The van der Waals surface area contributed by atoms with Crippen LogP contribution in [0, 0.1) is 6.92 Å². The number of rotatable bonds is 3. The van der Waals surface area contributed by atoms with E-state index in [0.717, 1.165) is 29.9 Å². The van der Waals surface area contributed by atoms with Crippen LogP contribution in [0.25, 0.3) is 0 Å². The third-order valence-electron chi connectivity index (χ3n) is 2.80. The lowest BCUT2D eigenvalue weighted by atomic mass is 10.1. The van der Waals surface area contributed by atoms with E-state index in [1.807, 2.05) is 25.1 Å². The van der Waals surface area contributed by atoms with Gasteiger partial charge in [0.05, 0.1) is 0 Å². The van der Waals surface area contributed by atoms with E-state index in [9.17, 15) is 9.59 Å². The van der Waals surface area contributed by atoms with E-state index in [1.165, 1.54) is 0 Å². The summed E-state index contributed by atoms with van der Waals surface area (Å²) in [5, 5.41) is 2.59. The molecule has 1 aliphatic rings. The molecule has 0 radical (unpaired) electrons. The van der Waals surface area contributed by atoms with Crippen molar-refractivity contribution in [3.05, 3.63) is 23.8 Å². The van der Waals surface area contributed by atoms with E-state index in [0.29, 0.717) is 12.8 Å². The second-order valence-corrected chi connectivity index (χ2v) is 3.91. The van der Waals surface area contributed by atoms with E-state index in [4.69, 9.17) is 0 Å². The van der Waals surface area contributed by atoms with Crippen molar-refractivity contribution in [2.45, 2.75) is 19.8 Å². The van der Waals surface area contributed by atoms with Crippen LogP contribution < -0.4 is 10.2 Å². The summed E-state index contributed by atoms with van der Waals surface area (Å²) in [5.41, 5.74) is 2.66. The maximum absolute atomic E-state index is 11.6. The smallest absolute Gasteiger partial charge is 0.227 e. The van der Waals surface area contributed by atoms with E-state index < -0.39 is 0 Å². The molecule has 2 amide bonds. The maximum Gasteiger partial charge on any atom is 0.227 e. The van der Waals surface area contributed by atoms with E-state index in [-0.39, 0.29) is 5.91 Å². The van der Waals surface area contributed by atoms with Gasteiger partial charge in [0.25, 0.3) is 0 Å². The number of carbonyl (C=O) groups excluding carboxylic acids is 2. The summed E-state index contributed by atoms with van der Waals surface area (Å²) in [7, 11) is 0. The van der Waals surface area contributed by atoms with Crippen molar-refractivity contribution in [2.24, 2.45) is 0 Å². The number of nitrogens with zero attached hydrogens (tertiary/aromatic N) is 1. The zero-order chi connectivity index (χ0) is 11.5. The molecule has 1 saturated heterocycles. The maximum atomic E-state index is 11.6.